The predicted molar refractivity (Wildman–Crippen MR) is 96.2 cm³/mol. The number of carbonyl (C=O) groups excluding carboxylic acids is 1. The summed E-state index contributed by atoms with van der Waals surface area (Å²) < 4.78 is 4.98. The Balaban J connectivity index is 3.16. The Morgan fingerprint density at radius 2 is 1.54 bits per heavy atom. The van der Waals surface area contributed by atoms with E-state index >= 15 is 0 Å². The van der Waals surface area contributed by atoms with Crippen LogP contribution in [0.4, 0.5) is 4.79 Å². The first-order chi connectivity index (χ1) is 11.7. The van der Waals surface area contributed by atoms with Crippen molar-refractivity contribution in [3.05, 3.63) is 12.2 Å². The zero-order valence-electron chi connectivity index (χ0n) is 15.0. The predicted octanol–water partition coefficient (Wildman–Crippen LogP) is 3.47. The van der Waals surface area contributed by atoms with E-state index in [0.29, 0.717) is 13.2 Å². The van der Waals surface area contributed by atoms with E-state index in [1.54, 1.807) is 0 Å². The maximum Gasteiger partial charge on any atom is 0.329 e. The van der Waals surface area contributed by atoms with Crippen LogP contribution in [0.3, 0.4) is 0 Å². The summed E-state index contributed by atoms with van der Waals surface area (Å²) in [6, 6.07) is -0.0820. The normalized spacial score (nSPS) is 10.9. The summed E-state index contributed by atoms with van der Waals surface area (Å²) in [5.74, 6) is -0.903. The van der Waals surface area contributed by atoms with Gasteiger partial charge in [0.05, 0.1) is 0 Å². The van der Waals surface area contributed by atoms with Crippen molar-refractivity contribution >= 4 is 12.0 Å². The molecule has 0 rings (SSSR count). The third-order valence-electron chi connectivity index (χ3n) is 3.47. The van der Waals surface area contributed by atoms with Gasteiger partial charge in [-0.15, -0.1) is 0 Å². The van der Waals surface area contributed by atoms with Crippen LogP contribution in [0, 0.1) is 0 Å². The van der Waals surface area contributed by atoms with Crippen LogP contribution < -0.4 is 10.6 Å². The number of hydrogen-bond donors (Lipinski definition) is 3. The van der Waals surface area contributed by atoms with Crippen LogP contribution in [0.1, 0.15) is 64.7 Å². The largest absolute Gasteiger partial charge is 0.480 e. The van der Waals surface area contributed by atoms with Crippen LogP contribution in [0.2, 0.25) is 0 Å². The molecule has 6 heteroatoms. The SMILES string of the molecule is CCNC(=O)NCCCC/C=C\CCCCCCCOCC(=O)O. The lowest BCUT2D eigenvalue weighted by atomic mass is 10.1. The van der Waals surface area contributed by atoms with Gasteiger partial charge in [0.15, 0.2) is 0 Å². The molecule has 0 aliphatic carbocycles. The molecule has 0 aliphatic heterocycles. The first kappa shape index (κ1) is 22.4. The minimum Gasteiger partial charge on any atom is -0.480 e. The van der Waals surface area contributed by atoms with Crippen LogP contribution in [0.15, 0.2) is 12.2 Å². The molecule has 0 bridgehead atoms. The van der Waals surface area contributed by atoms with Gasteiger partial charge in [-0.3, -0.25) is 0 Å². The molecule has 0 fully saturated rings. The zero-order valence-corrected chi connectivity index (χ0v) is 15.0. The lowest BCUT2D eigenvalue weighted by molar-refractivity contribution is -0.142. The van der Waals surface area contributed by atoms with Gasteiger partial charge in [0, 0.05) is 19.7 Å². The molecule has 0 unspecified atom stereocenters. The molecule has 0 aromatic heterocycles. The molecule has 0 heterocycles. The molecule has 2 amide bonds. The van der Waals surface area contributed by atoms with Crippen molar-refractivity contribution in [1.82, 2.24) is 10.6 Å². The summed E-state index contributed by atoms with van der Waals surface area (Å²) in [5.41, 5.74) is 0. The lowest BCUT2D eigenvalue weighted by Gasteiger charge is -2.04. The van der Waals surface area contributed by atoms with Crippen molar-refractivity contribution in [2.24, 2.45) is 0 Å². The Kier molecular flexibility index (Phi) is 16.6. The van der Waals surface area contributed by atoms with E-state index in [1.165, 1.54) is 19.3 Å². The molecule has 0 saturated carbocycles. The van der Waals surface area contributed by atoms with Gasteiger partial charge in [0.2, 0.25) is 0 Å². The summed E-state index contributed by atoms with van der Waals surface area (Å²) in [6.07, 6.45) is 14.4. The molecule has 0 aromatic carbocycles. The number of nitrogens with one attached hydrogen (secondary N) is 2. The van der Waals surface area contributed by atoms with E-state index in [9.17, 15) is 9.59 Å². The molecule has 3 N–H and O–H groups in total. The summed E-state index contributed by atoms with van der Waals surface area (Å²) in [6.45, 7) is 3.65. The molecular formula is C18H34N2O4. The van der Waals surface area contributed by atoms with Gasteiger partial charge in [0.1, 0.15) is 6.61 Å². The lowest BCUT2D eigenvalue weighted by Crippen LogP contribution is -2.35. The van der Waals surface area contributed by atoms with Gasteiger partial charge in [-0.05, 0) is 45.4 Å². The summed E-state index contributed by atoms with van der Waals surface area (Å²) in [4.78, 5) is 21.4. The average molecular weight is 342 g/mol. The minimum absolute atomic E-state index is 0.0820. The van der Waals surface area contributed by atoms with E-state index in [-0.39, 0.29) is 12.6 Å². The molecule has 0 aromatic rings. The third kappa shape index (κ3) is 18.5. The van der Waals surface area contributed by atoms with Crippen LogP contribution in [-0.4, -0.2) is 43.4 Å². The Labute approximate surface area is 146 Å². The highest BCUT2D eigenvalue weighted by Crippen LogP contribution is 2.06. The van der Waals surface area contributed by atoms with E-state index in [0.717, 1.165) is 45.1 Å². The van der Waals surface area contributed by atoms with Crippen LogP contribution in [0.5, 0.6) is 0 Å². The molecular weight excluding hydrogens is 308 g/mol. The second-order valence-corrected chi connectivity index (χ2v) is 5.76. The molecule has 0 aliphatic rings. The highest BCUT2D eigenvalue weighted by molar-refractivity contribution is 5.73. The Bertz CT molecular complexity index is 346. The maximum absolute atomic E-state index is 11.1. The van der Waals surface area contributed by atoms with Gasteiger partial charge in [-0.1, -0.05) is 31.4 Å². The first-order valence-electron chi connectivity index (χ1n) is 9.13. The summed E-state index contributed by atoms with van der Waals surface area (Å²) in [7, 11) is 0. The molecule has 0 spiro atoms. The first-order valence-corrected chi connectivity index (χ1v) is 9.13. The quantitative estimate of drug-likeness (QED) is 0.296. The number of carboxylic acid groups (broad SMARTS) is 1. The monoisotopic (exact) mass is 342 g/mol. The fraction of sp³-hybridized carbons (Fsp3) is 0.778. The molecule has 6 nitrogen and oxygen atoms in total. The second-order valence-electron chi connectivity index (χ2n) is 5.76. The maximum atomic E-state index is 11.1. The topological polar surface area (TPSA) is 87.7 Å². The smallest absolute Gasteiger partial charge is 0.329 e. The van der Waals surface area contributed by atoms with Gasteiger partial charge in [0.25, 0.3) is 0 Å². The number of aliphatic carboxylic acids is 1. The van der Waals surface area contributed by atoms with Crippen molar-refractivity contribution in [3.8, 4) is 0 Å². The Morgan fingerprint density at radius 3 is 2.21 bits per heavy atom. The van der Waals surface area contributed by atoms with Crippen LogP contribution >= 0.6 is 0 Å². The van der Waals surface area contributed by atoms with Crippen molar-refractivity contribution in [3.63, 3.8) is 0 Å². The van der Waals surface area contributed by atoms with Crippen LogP contribution in [-0.2, 0) is 9.53 Å². The second kappa shape index (κ2) is 17.8. The molecule has 140 valence electrons. The number of hydrogen-bond acceptors (Lipinski definition) is 3. The standard InChI is InChI=1S/C18H34N2O4/c1-2-19-18(23)20-14-12-10-8-6-4-3-5-7-9-11-13-15-24-16-17(21)22/h4,6H,2-3,5,7-16H2,1H3,(H,21,22)(H2,19,20,23)/b6-4-. The van der Waals surface area contributed by atoms with Gasteiger partial charge in [-0.2, -0.15) is 0 Å². The van der Waals surface area contributed by atoms with Crippen LogP contribution in [0.25, 0.3) is 0 Å². The fourth-order valence-electron chi connectivity index (χ4n) is 2.20. The number of ether oxygens (including phenoxy) is 1. The molecule has 0 atom stereocenters. The van der Waals surface area contributed by atoms with Crippen molar-refractivity contribution in [2.45, 2.75) is 64.7 Å². The summed E-state index contributed by atoms with van der Waals surface area (Å²) >= 11 is 0. The average Bonchev–Trinajstić information content (AvgIpc) is 2.54. The van der Waals surface area contributed by atoms with E-state index in [1.807, 2.05) is 6.92 Å². The van der Waals surface area contributed by atoms with Gasteiger partial charge >= 0.3 is 12.0 Å². The number of allylic oxidation sites excluding steroid dienone is 2. The summed E-state index contributed by atoms with van der Waals surface area (Å²) in [5, 5.41) is 13.9. The minimum atomic E-state index is -0.903. The van der Waals surface area contributed by atoms with Crippen molar-refractivity contribution < 1.29 is 19.4 Å². The molecule has 24 heavy (non-hydrogen) atoms. The highest BCUT2D eigenvalue weighted by atomic mass is 16.5. The third-order valence-corrected chi connectivity index (χ3v) is 3.47. The number of urea groups is 1. The zero-order chi connectivity index (χ0) is 17.9. The Hall–Kier alpha value is -1.56. The highest BCUT2D eigenvalue weighted by Gasteiger charge is 1.96. The van der Waals surface area contributed by atoms with E-state index in [2.05, 4.69) is 22.8 Å². The number of rotatable bonds is 16. The van der Waals surface area contributed by atoms with E-state index in [4.69, 9.17) is 9.84 Å². The number of carboxylic acids is 1. The number of unbranched alkanes of at least 4 members (excludes halogenated alkanes) is 7. The number of amides is 2. The van der Waals surface area contributed by atoms with E-state index < -0.39 is 5.97 Å². The van der Waals surface area contributed by atoms with Crippen molar-refractivity contribution in [1.29, 1.82) is 0 Å². The molecule has 0 saturated heterocycles. The van der Waals surface area contributed by atoms with Gasteiger partial charge < -0.3 is 20.5 Å². The fourth-order valence-corrected chi connectivity index (χ4v) is 2.20. The molecule has 0 radical (unpaired) electrons. The van der Waals surface area contributed by atoms with Gasteiger partial charge in [-0.25, -0.2) is 9.59 Å². The Morgan fingerprint density at radius 1 is 0.917 bits per heavy atom. The number of carbonyl (C=O) groups is 2. The van der Waals surface area contributed by atoms with Crippen molar-refractivity contribution in [2.75, 3.05) is 26.3 Å².